The molecule has 1 rings (SSSR count). The number of rotatable bonds is 6. The molecule has 0 aliphatic rings. The maximum atomic E-state index is 12.0. The van der Waals surface area contributed by atoms with Crippen LogP contribution in [0.5, 0.6) is 11.5 Å². The van der Waals surface area contributed by atoms with Gasteiger partial charge in [-0.15, -0.1) is 0 Å². The van der Waals surface area contributed by atoms with Gasteiger partial charge in [0.1, 0.15) is 11.5 Å². The van der Waals surface area contributed by atoms with Crippen molar-refractivity contribution >= 4 is 12.2 Å². The average Bonchev–Trinajstić information content (AvgIpc) is 2.45. The summed E-state index contributed by atoms with van der Waals surface area (Å²) in [7, 11) is 2.73. The van der Waals surface area contributed by atoms with Crippen molar-refractivity contribution in [2.24, 2.45) is 0 Å². The number of amides is 1. The van der Waals surface area contributed by atoms with E-state index in [1.165, 1.54) is 26.4 Å². The molecule has 0 radical (unpaired) electrons. The molecule has 0 aliphatic heterocycles. The van der Waals surface area contributed by atoms with Gasteiger partial charge in [-0.05, 0) is 24.1 Å². The highest BCUT2D eigenvalue weighted by Crippen LogP contribution is 2.28. The molecule has 1 aromatic rings. The van der Waals surface area contributed by atoms with Gasteiger partial charge in [0.25, 0.3) is 0 Å². The maximum Gasteiger partial charge on any atom is 0.471 e. The van der Waals surface area contributed by atoms with Gasteiger partial charge in [0, 0.05) is 6.54 Å². The lowest BCUT2D eigenvalue weighted by molar-refractivity contribution is -0.173. The Hall–Kier alpha value is -2.25. The van der Waals surface area contributed by atoms with E-state index in [1.807, 2.05) is 0 Å². The molecular weight excluding hydrogens is 291 g/mol. The van der Waals surface area contributed by atoms with Crippen LogP contribution in [-0.4, -0.2) is 39.1 Å². The number of alkyl halides is 3. The first-order valence-corrected chi connectivity index (χ1v) is 5.88. The first kappa shape index (κ1) is 16.8. The van der Waals surface area contributed by atoms with Gasteiger partial charge in [0.15, 0.2) is 6.29 Å². The van der Waals surface area contributed by atoms with Crippen LogP contribution in [0.1, 0.15) is 15.9 Å². The second kappa shape index (κ2) is 6.96. The quantitative estimate of drug-likeness (QED) is 0.813. The molecule has 21 heavy (non-hydrogen) atoms. The van der Waals surface area contributed by atoms with Crippen molar-refractivity contribution in [3.05, 3.63) is 23.3 Å². The van der Waals surface area contributed by atoms with E-state index in [2.05, 4.69) is 0 Å². The van der Waals surface area contributed by atoms with Crippen LogP contribution in [0.25, 0.3) is 0 Å². The standard InChI is InChI=1S/C13H14F3NO4/c1-20-10-6-9(7-18)11(21-2)5-8(10)3-4-17-12(19)13(14,15)16/h5-7H,3-4H2,1-2H3,(H,17,19). The summed E-state index contributed by atoms with van der Waals surface area (Å²) in [5.41, 5.74) is 0.778. The summed E-state index contributed by atoms with van der Waals surface area (Å²) in [5.74, 6) is -1.39. The topological polar surface area (TPSA) is 64.6 Å². The summed E-state index contributed by atoms with van der Waals surface area (Å²) >= 11 is 0. The highest BCUT2D eigenvalue weighted by atomic mass is 19.4. The average molecular weight is 305 g/mol. The summed E-state index contributed by atoms with van der Waals surface area (Å²) in [5, 5.41) is 1.76. The van der Waals surface area contributed by atoms with Crippen LogP contribution in [-0.2, 0) is 11.2 Å². The smallest absolute Gasteiger partial charge is 0.471 e. The van der Waals surface area contributed by atoms with Gasteiger partial charge >= 0.3 is 12.1 Å². The van der Waals surface area contributed by atoms with Gasteiger partial charge in [-0.2, -0.15) is 13.2 Å². The summed E-state index contributed by atoms with van der Waals surface area (Å²) in [6, 6.07) is 2.91. The molecule has 0 aromatic heterocycles. The fourth-order valence-corrected chi connectivity index (χ4v) is 1.68. The highest BCUT2D eigenvalue weighted by Gasteiger charge is 2.38. The molecule has 1 amide bonds. The van der Waals surface area contributed by atoms with Gasteiger partial charge in [-0.3, -0.25) is 9.59 Å². The van der Waals surface area contributed by atoms with E-state index in [9.17, 15) is 22.8 Å². The number of nitrogens with one attached hydrogen (secondary N) is 1. The Labute approximate surface area is 119 Å². The lowest BCUT2D eigenvalue weighted by atomic mass is 10.1. The predicted octanol–water partition coefficient (Wildman–Crippen LogP) is 1.74. The molecule has 0 atom stereocenters. The lowest BCUT2D eigenvalue weighted by Gasteiger charge is -2.13. The Balaban J connectivity index is 2.83. The number of carbonyl (C=O) groups is 2. The third-order valence-corrected chi connectivity index (χ3v) is 2.70. The molecule has 8 heteroatoms. The normalized spacial score (nSPS) is 10.9. The Kier molecular flexibility index (Phi) is 5.57. The fourth-order valence-electron chi connectivity index (χ4n) is 1.68. The number of hydrogen-bond acceptors (Lipinski definition) is 4. The van der Waals surface area contributed by atoms with Crippen LogP contribution in [0, 0.1) is 0 Å². The summed E-state index contributed by atoms with van der Waals surface area (Å²) < 4.78 is 46.2. The second-order valence-corrected chi connectivity index (χ2v) is 4.03. The van der Waals surface area contributed by atoms with Crippen LogP contribution in [0.2, 0.25) is 0 Å². The number of methoxy groups -OCH3 is 2. The molecule has 1 N–H and O–H groups in total. The maximum absolute atomic E-state index is 12.0. The first-order valence-electron chi connectivity index (χ1n) is 5.88. The molecule has 0 bridgehead atoms. The first-order chi connectivity index (χ1) is 9.83. The van der Waals surface area contributed by atoms with Crippen molar-refractivity contribution < 1.29 is 32.2 Å². The van der Waals surface area contributed by atoms with Crippen LogP contribution in [0.4, 0.5) is 13.2 Å². The minimum Gasteiger partial charge on any atom is -0.496 e. The summed E-state index contributed by atoms with van der Waals surface area (Å²) in [6.45, 7) is -0.224. The minimum absolute atomic E-state index is 0.0977. The van der Waals surface area contributed by atoms with E-state index in [-0.39, 0.29) is 24.3 Å². The van der Waals surface area contributed by atoms with Gasteiger partial charge in [0.2, 0.25) is 0 Å². The zero-order valence-corrected chi connectivity index (χ0v) is 11.4. The SMILES string of the molecule is COc1cc(CCNC(=O)C(F)(F)F)c(OC)cc1C=O. The largest absolute Gasteiger partial charge is 0.496 e. The molecule has 0 heterocycles. The number of benzene rings is 1. The van der Waals surface area contributed by atoms with Crippen molar-refractivity contribution in [2.75, 3.05) is 20.8 Å². The van der Waals surface area contributed by atoms with Gasteiger partial charge in [-0.1, -0.05) is 0 Å². The molecule has 116 valence electrons. The highest BCUT2D eigenvalue weighted by molar-refractivity contribution is 5.82. The Morgan fingerprint density at radius 3 is 2.33 bits per heavy atom. The van der Waals surface area contributed by atoms with Crippen molar-refractivity contribution in [3.8, 4) is 11.5 Å². The third-order valence-electron chi connectivity index (χ3n) is 2.70. The molecule has 1 aromatic carbocycles. The molecule has 0 aliphatic carbocycles. The lowest BCUT2D eigenvalue weighted by Crippen LogP contribution is -2.37. The zero-order valence-electron chi connectivity index (χ0n) is 11.4. The van der Waals surface area contributed by atoms with Crippen LogP contribution < -0.4 is 14.8 Å². The summed E-state index contributed by atoms with van der Waals surface area (Å²) in [6.07, 6.45) is -4.24. The van der Waals surface area contributed by atoms with E-state index in [0.717, 1.165) is 0 Å². The minimum atomic E-state index is -4.91. The Morgan fingerprint density at radius 1 is 1.24 bits per heavy atom. The van der Waals surface area contributed by atoms with E-state index in [4.69, 9.17) is 9.47 Å². The van der Waals surface area contributed by atoms with Crippen molar-refractivity contribution in [1.29, 1.82) is 0 Å². The number of ether oxygens (including phenoxy) is 2. The van der Waals surface area contributed by atoms with Gasteiger partial charge < -0.3 is 14.8 Å². The van der Waals surface area contributed by atoms with Crippen LogP contribution in [0.15, 0.2) is 12.1 Å². The van der Waals surface area contributed by atoms with Crippen molar-refractivity contribution in [1.82, 2.24) is 5.32 Å². The monoisotopic (exact) mass is 305 g/mol. The molecule has 0 spiro atoms. The number of halogens is 3. The number of aldehydes is 1. The fraction of sp³-hybridized carbons (Fsp3) is 0.385. The zero-order chi connectivity index (χ0) is 16.0. The van der Waals surface area contributed by atoms with E-state index in [1.54, 1.807) is 5.32 Å². The van der Waals surface area contributed by atoms with E-state index >= 15 is 0 Å². The molecule has 0 fully saturated rings. The molecule has 0 saturated heterocycles. The van der Waals surface area contributed by atoms with Crippen molar-refractivity contribution in [3.63, 3.8) is 0 Å². The van der Waals surface area contributed by atoms with Crippen molar-refractivity contribution in [2.45, 2.75) is 12.6 Å². The molecule has 0 saturated carbocycles. The number of carbonyl (C=O) groups excluding carboxylic acids is 2. The van der Waals surface area contributed by atoms with Gasteiger partial charge in [0.05, 0.1) is 19.8 Å². The molecular formula is C13H14F3NO4. The molecule has 0 unspecified atom stereocenters. The van der Waals surface area contributed by atoms with E-state index < -0.39 is 12.1 Å². The van der Waals surface area contributed by atoms with Gasteiger partial charge in [-0.25, -0.2) is 0 Å². The number of hydrogen-bond donors (Lipinski definition) is 1. The van der Waals surface area contributed by atoms with E-state index in [0.29, 0.717) is 17.6 Å². The second-order valence-electron chi connectivity index (χ2n) is 4.03. The summed E-state index contributed by atoms with van der Waals surface area (Å²) in [4.78, 5) is 21.6. The Morgan fingerprint density at radius 2 is 1.86 bits per heavy atom. The van der Waals surface area contributed by atoms with Crippen LogP contribution in [0.3, 0.4) is 0 Å². The Bertz CT molecular complexity index is 529. The third kappa shape index (κ3) is 4.37. The van der Waals surface area contributed by atoms with Crippen LogP contribution >= 0.6 is 0 Å². The molecule has 5 nitrogen and oxygen atoms in total. The predicted molar refractivity (Wildman–Crippen MR) is 67.7 cm³/mol.